The lowest BCUT2D eigenvalue weighted by atomic mass is 10.1. The highest BCUT2D eigenvalue weighted by Crippen LogP contribution is 2.33. The van der Waals surface area contributed by atoms with Crippen LogP contribution >= 0.6 is 11.8 Å². The van der Waals surface area contributed by atoms with Gasteiger partial charge in [0.05, 0.1) is 12.2 Å². The summed E-state index contributed by atoms with van der Waals surface area (Å²) in [5.41, 5.74) is 3.94. The molecule has 0 radical (unpaired) electrons. The lowest BCUT2D eigenvalue weighted by Gasteiger charge is -2.20. The fourth-order valence-electron chi connectivity index (χ4n) is 3.82. The molecule has 0 aliphatic carbocycles. The van der Waals surface area contributed by atoms with Crippen molar-refractivity contribution in [2.24, 2.45) is 10.1 Å². The first-order valence-corrected chi connectivity index (χ1v) is 12.3. The Morgan fingerprint density at radius 3 is 2.56 bits per heavy atom. The number of nitrogens with one attached hydrogen (secondary N) is 1. The third-order valence-corrected chi connectivity index (χ3v) is 6.59. The van der Waals surface area contributed by atoms with E-state index in [9.17, 15) is 4.79 Å². The summed E-state index contributed by atoms with van der Waals surface area (Å²) in [4.78, 5) is 17.1. The van der Waals surface area contributed by atoms with Crippen LogP contribution in [0, 0.1) is 12.3 Å². The van der Waals surface area contributed by atoms with E-state index >= 15 is 0 Å². The Kier molecular flexibility index (Phi) is 6.69. The van der Waals surface area contributed by atoms with Gasteiger partial charge in [-0.15, -0.1) is 0 Å². The van der Waals surface area contributed by atoms with Crippen LogP contribution in [0.15, 0.2) is 88.5 Å². The molecule has 0 fully saturated rings. The Morgan fingerprint density at radius 2 is 1.78 bits per heavy atom. The Labute approximate surface area is 213 Å². The minimum absolute atomic E-state index is 0.0107. The topological polar surface area (TPSA) is 87.3 Å². The second-order valence-corrected chi connectivity index (χ2v) is 9.11. The van der Waals surface area contributed by atoms with Gasteiger partial charge in [-0.2, -0.15) is 15.1 Å². The summed E-state index contributed by atoms with van der Waals surface area (Å²) in [7, 11) is 0. The number of hydrazone groups is 1. The number of benzene rings is 3. The van der Waals surface area contributed by atoms with Gasteiger partial charge in [0.15, 0.2) is 17.3 Å². The molecule has 180 valence electrons. The highest BCUT2D eigenvalue weighted by atomic mass is 32.2. The number of rotatable bonds is 7. The fraction of sp³-hybridized carbons (Fsp3) is 0.143. The third-order valence-electron chi connectivity index (χ3n) is 5.65. The zero-order chi connectivity index (χ0) is 25.1. The number of carbonyl (C=O) groups excluding carboxylic acids is 1. The van der Waals surface area contributed by atoms with Crippen LogP contribution in [0.4, 0.5) is 0 Å². The van der Waals surface area contributed by atoms with Gasteiger partial charge in [-0.1, -0.05) is 60.7 Å². The molecule has 36 heavy (non-hydrogen) atoms. The summed E-state index contributed by atoms with van der Waals surface area (Å²) in [6.45, 7) is 4.78. The van der Waals surface area contributed by atoms with Crippen LogP contribution < -0.4 is 9.47 Å². The van der Waals surface area contributed by atoms with Gasteiger partial charge in [0.2, 0.25) is 5.17 Å². The fourth-order valence-corrected chi connectivity index (χ4v) is 4.80. The van der Waals surface area contributed by atoms with Crippen LogP contribution in [0.5, 0.6) is 11.5 Å². The number of hydrogen-bond acceptors (Lipinski definition) is 6. The van der Waals surface area contributed by atoms with E-state index in [0.29, 0.717) is 40.5 Å². The van der Waals surface area contributed by atoms with Gasteiger partial charge in [-0.05, 0) is 60.5 Å². The van der Waals surface area contributed by atoms with E-state index in [1.807, 2.05) is 80.6 Å². The van der Waals surface area contributed by atoms with Gasteiger partial charge in [0.25, 0.3) is 5.91 Å². The van der Waals surface area contributed by atoms with Gasteiger partial charge in [-0.25, -0.2) is 0 Å². The first-order valence-electron chi connectivity index (χ1n) is 11.5. The first-order chi connectivity index (χ1) is 17.5. The van der Waals surface area contributed by atoms with Crippen molar-refractivity contribution >= 4 is 39.8 Å². The van der Waals surface area contributed by atoms with E-state index in [2.05, 4.69) is 10.1 Å². The number of ether oxygens (including phenoxy) is 2. The van der Waals surface area contributed by atoms with Crippen LogP contribution in [0.1, 0.15) is 29.2 Å². The van der Waals surface area contributed by atoms with Crippen molar-refractivity contribution in [1.82, 2.24) is 5.01 Å². The number of fused-ring (bicyclic) bond motifs is 1. The number of thioether (sulfide) groups is 1. The number of amides is 1. The van der Waals surface area contributed by atoms with Crippen molar-refractivity contribution in [3.63, 3.8) is 0 Å². The predicted octanol–water partition coefficient (Wildman–Crippen LogP) is 5.64. The predicted molar refractivity (Wildman–Crippen MR) is 144 cm³/mol. The molecule has 3 aromatic carbocycles. The summed E-state index contributed by atoms with van der Waals surface area (Å²) in [5, 5.41) is 15.8. The number of aryl methyl sites for hydroxylation is 1. The summed E-state index contributed by atoms with van der Waals surface area (Å²) in [5.74, 6) is 0.695. The van der Waals surface area contributed by atoms with Crippen LogP contribution in [0.3, 0.4) is 0 Å². The maximum Gasteiger partial charge on any atom is 0.283 e. The molecule has 0 unspecified atom stereocenters. The summed E-state index contributed by atoms with van der Waals surface area (Å²) in [6.07, 6.45) is 1.64. The van der Waals surface area contributed by atoms with Crippen molar-refractivity contribution in [3.05, 3.63) is 101 Å². The molecule has 0 spiro atoms. The number of hydrogen-bond donors (Lipinski definition) is 1. The summed E-state index contributed by atoms with van der Waals surface area (Å²) >= 11 is 1.29. The average molecular weight is 497 g/mol. The zero-order valence-corrected chi connectivity index (χ0v) is 20.7. The molecule has 0 atom stereocenters. The Balaban J connectivity index is 1.40. The van der Waals surface area contributed by atoms with Crippen LogP contribution in [-0.2, 0) is 11.4 Å². The van der Waals surface area contributed by atoms with Crippen molar-refractivity contribution in [1.29, 1.82) is 5.41 Å². The number of carbonyl (C=O) groups is 1. The number of amidine groups is 2. The molecular formula is C28H24N4O3S. The average Bonchev–Trinajstić information content (AvgIpc) is 3.31. The molecule has 8 heteroatoms. The SMILES string of the molecule is CCOc1cc(/C=C2/C(=N)N3N=C(c4ccccc4C)SC3=NC2=O)ccc1OCc1ccccc1. The number of aliphatic imine (C=N–C) groups is 1. The molecule has 1 amide bonds. The maximum absolute atomic E-state index is 12.9. The van der Waals surface area contributed by atoms with Gasteiger partial charge in [0.1, 0.15) is 11.7 Å². The highest BCUT2D eigenvalue weighted by Gasteiger charge is 2.36. The largest absolute Gasteiger partial charge is 0.490 e. The molecule has 2 heterocycles. The van der Waals surface area contributed by atoms with Gasteiger partial charge >= 0.3 is 0 Å². The van der Waals surface area contributed by atoms with Crippen LogP contribution in [-0.4, -0.2) is 33.6 Å². The molecule has 7 nitrogen and oxygen atoms in total. The minimum Gasteiger partial charge on any atom is -0.490 e. The second-order valence-electron chi connectivity index (χ2n) is 8.15. The maximum atomic E-state index is 12.9. The van der Waals surface area contributed by atoms with Crippen LogP contribution in [0.2, 0.25) is 0 Å². The van der Waals surface area contributed by atoms with Crippen molar-refractivity contribution < 1.29 is 14.3 Å². The highest BCUT2D eigenvalue weighted by molar-refractivity contribution is 8.27. The van der Waals surface area contributed by atoms with E-state index in [1.165, 1.54) is 16.8 Å². The zero-order valence-electron chi connectivity index (χ0n) is 19.9. The van der Waals surface area contributed by atoms with E-state index in [0.717, 1.165) is 16.7 Å². The first kappa shape index (κ1) is 23.6. The van der Waals surface area contributed by atoms with Crippen molar-refractivity contribution in [3.8, 4) is 11.5 Å². The Bertz CT molecular complexity index is 1430. The molecule has 2 aliphatic heterocycles. The number of nitrogens with zero attached hydrogens (tertiary/aromatic N) is 3. The third kappa shape index (κ3) is 4.81. The van der Waals surface area contributed by atoms with Gasteiger partial charge in [0, 0.05) is 5.56 Å². The van der Waals surface area contributed by atoms with E-state index < -0.39 is 5.91 Å². The van der Waals surface area contributed by atoms with E-state index in [4.69, 9.17) is 14.9 Å². The minimum atomic E-state index is -0.470. The molecule has 1 N–H and O–H groups in total. The molecule has 0 aromatic heterocycles. The second kappa shape index (κ2) is 10.2. The molecule has 2 aliphatic rings. The quantitative estimate of drug-likeness (QED) is 0.428. The van der Waals surface area contributed by atoms with E-state index in [1.54, 1.807) is 12.1 Å². The van der Waals surface area contributed by atoms with Gasteiger partial charge in [-0.3, -0.25) is 10.2 Å². The van der Waals surface area contributed by atoms with E-state index in [-0.39, 0.29) is 11.4 Å². The monoisotopic (exact) mass is 496 g/mol. The van der Waals surface area contributed by atoms with Gasteiger partial charge < -0.3 is 9.47 Å². The van der Waals surface area contributed by atoms with Crippen LogP contribution in [0.25, 0.3) is 6.08 Å². The Hall–Kier alpha value is -4.17. The lowest BCUT2D eigenvalue weighted by Crippen LogP contribution is -2.35. The van der Waals surface area contributed by atoms with Crippen molar-refractivity contribution in [2.45, 2.75) is 20.5 Å². The normalized spacial score (nSPS) is 16.1. The standard InChI is InChI=1S/C28H24N4O3S/c1-3-34-24-16-20(13-14-23(24)35-17-19-10-5-4-6-11-19)15-22-25(29)32-28(30-26(22)33)36-27(31-32)21-12-8-7-9-18(21)2/h4-16,29H,3,17H2,1-2H3/b22-15-,29-25?. The smallest absolute Gasteiger partial charge is 0.283 e. The van der Waals surface area contributed by atoms with Crippen molar-refractivity contribution in [2.75, 3.05) is 6.61 Å². The lowest BCUT2D eigenvalue weighted by molar-refractivity contribution is -0.114. The molecule has 0 saturated carbocycles. The molecular weight excluding hydrogens is 472 g/mol. The molecule has 0 saturated heterocycles. The molecule has 0 bridgehead atoms. The summed E-state index contributed by atoms with van der Waals surface area (Å²) in [6, 6.07) is 23.2. The summed E-state index contributed by atoms with van der Waals surface area (Å²) < 4.78 is 11.8. The molecule has 5 rings (SSSR count). The molecule has 3 aromatic rings. The Morgan fingerprint density at radius 1 is 1.00 bits per heavy atom.